The van der Waals surface area contributed by atoms with E-state index in [2.05, 4.69) is 10.3 Å². The van der Waals surface area contributed by atoms with Gasteiger partial charge in [-0.3, -0.25) is 10.1 Å². The molecule has 1 N–H and O–H groups in total. The standard InChI is InChI=1S/C16H18N4O3S/c1-24-12-4-5-14(17-11-12)18-16(22)20-8-6-19(7-9-20)15(21)13-3-2-10-23-13/h2-5,10-11H,6-9H2,1H3,(H,17,18,22). The van der Waals surface area contributed by atoms with Crippen LogP contribution in [0.1, 0.15) is 10.6 Å². The number of nitrogens with zero attached hydrogens (tertiary/aromatic N) is 3. The van der Waals surface area contributed by atoms with E-state index in [4.69, 9.17) is 4.42 Å². The van der Waals surface area contributed by atoms with Crippen LogP contribution in [0.15, 0.2) is 46.0 Å². The van der Waals surface area contributed by atoms with Crippen molar-refractivity contribution in [3.63, 3.8) is 0 Å². The molecule has 0 bridgehead atoms. The van der Waals surface area contributed by atoms with Gasteiger partial charge in [0, 0.05) is 37.3 Å². The van der Waals surface area contributed by atoms with Crippen LogP contribution in [0.3, 0.4) is 0 Å². The molecular formula is C16H18N4O3S. The van der Waals surface area contributed by atoms with E-state index in [9.17, 15) is 9.59 Å². The molecule has 2 aromatic heterocycles. The zero-order chi connectivity index (χ0) is 16.9. The van der Waals surface area contributed by atoms with Crippen LogP contribution in [-0.4, -0.2) is 59.2 Å². The average molecular weight is 346 g/mol. The SMILES string of the molecule is CSc1ccc(NC(=O)N2CCN(C(=O)c3ccco3)CC2)nc1. The van der Waals surface area contributed by atoms with E-state index in [1.165, 1.54) is 6.26 Å². The summed E-state index contributed by atoms with van der Waals surface area (Å²) in [4.78, 5) is 33.1. The molecule has 1 saturated heterocycles. The van der Waals surface area contributed by atoms with Crippen LogP contribution in [0.4, 0.5) is 10.6 Å². The number of rotatable bonds is 3. The van der Waals surface area contributed by atoms with E-state index in [0.29, 0.717) is 37.8 Å². The Morgan fingerprint density at radius 3 is 2.50 bits per heavy atom. The number of hydrogen-bond acceptors (Lipinski definition) is 5. The second-order valence-electron chi connectivity index (χ2n) is 5.27. The highest BCUT2D eigenvalue weighted by Gasteiger charge is 2.26. The number of furan rings is 1. The minimum Gasteiger partial charge on any atom is -0.459 e. The van der Waals surface area contributed by atoms with Gasteiger partial charge in [0.05, 0.1) is 6.26 Å². The number of amides is 3. The van der Waals surface area contributed by atoms with Gasteiger partial charge in [-0.15, -0.1) is 11.8 Å². The van der Waals surface area contributed by atoms with Crippen LogP contribution < -0.4 is 5.32 Å². The third kappa shape index (κ3) is 3.70. The number of carbonyl (C=O) groups is 2. The molecule has 0 spiro atoms. The smallest absolute Gasteiger partial charge is 0.323 e. The lowest BCUT2D eigenvalue weighted by Crippen LogP contribution is -2.51. The molecule has 24 heavy (non-hydrogen) atoms. The van der Waals surface area contributed by atoms with Gasteiger partial charge < -0.3 is 14.2 Å². The van der Waals surface area contributed by atoms with Crippen LogP contribution in [-0.2, 0) is 0 Å². The Balaban J connectivity index is 1.52. The molecule has 2 aromatic rings. The highest BCUT2D eigenvalue weighted by atomic mass is 32.2. The molecule has 3 amide bonds. The number of hydrogen-bond donors (Lipinski definition) is 1. The van der Waals surface area contributed by atoms with Gasteiger partial charge >= 0.3 is 6.03 Å². The van der Waals surface area contributed by atoms with E-state index >= 15 is 0 Å². The topological polar surface area (TPSA) is 78.7 Å². The number of thioether (sulfide) groups is 1. The van der Waals surface area contributed by atoms with Gasteiger partial charge in [-0.1, -0.05) is 0 Å². The summed E-state index contributed by atoms with van der Waals surface area (Å²) in [6, 6.07) is 6.81. The summed E-state index contributed by atoms with van der Waals surface area (Å²) in [5.74, 6) is 0.701. The van der Waals surface area contributed by atoms with Crippen molar-refractivity contribution in [2.75, 3.05) is 37.8 Å². The lowest BCUT2D eigenvalue weighted by molar-refractivity contribution is 0.0640. The van der Waals surface area contributed by atoms with Crippen molar-refractivity contribution < 1.29 is 14.0 Å². The molecule has 1 aliphatic rings. The zero-order valence-corrected chi connectivity index (χ0v) is 14.1. The number of pyridine rings is 1. The number of aromatic nitrogens is 1. The van der Waals surface area contributed by atoms with Crippen LogP contribution >= 0.6 is 11.8 Å². The van der Waals surface area contributed by atoms with Crippen molar-refractivity contribution in [3.8, 4) is 0 Å². The summed E-state index contributed by atoms with van der Waals surface area (Å²) in [5, 5.41) is 2.78. The number of carbonyl (C=O) groups excluding carboxylic acids is 2. The molecule has 0 saturated carbocycles. The van der Waals surface area contributed by atoms with Gasteiger partial charge in [0.1, 0.15) is 5.82 Å². The van der Waals surface area contributed by atoms with Crippen LogP contribution in [0.2, 0.25) is 0 Å². The van der Waals surface area contributed by atoms with Crippen LogP contribution in [0, 0.1) is 0 Å². The number of nitrogens with one attached hydrogen (secondary N) is 1. The molecule has 3 heterocycles. The van der Waals surface area contributed by atoms with Crippen molar-refractivity contribution in [2.45, 2.75) is 4.90 Å². The van der Waals surface area contributed by atoms with E-state index in [1.807, 2.05) is 12.3 Å². The number of piperazine rings is 1. The monoisotopic (exact) mass is 346 g/mol. The largest absolute Gasteiger partial charge is 0.459 e. The summed E-state index contributed by atoms with van der Waals surface area (Å²) in [5.41, 5.74) is 0. The van der Waals surface area contributed by atoms with Crippen LogP contribution in [0.5, 0.6) is 0 Å². The maximum atomic E-state index is 12.3. The minimum absolute atomic E-state index is 0.144. The van der Waals surface area contributed by atoms with E-state index in [0.717, 1.165) is 4.90 Å². The Morgan fingerprint density at radius 2 is 1.92 bits per heavy atom. The molecule has 8 heteroatoms. The first-order valence-corrected chi connectivity index (χ1v) is 8.78. The summed E-state index contributed by atoms with van der Waals surface area (Å²) in [6.07, 6.45) is 5.17. The number of anilines is 1. The molecular weight excluding hydrogens is 328 g/mol. The Morgan fingerprint density at radius 1 is 1.17 bits per heavy atom. The predicted molar refractivity (Wildman–Crippen MR) is 91.2 cm³/mol. The lowest BCUT2D eigenvalue weighted by Gasteiger charge is -2.34. The van der Waals surface area contributed by atoms with E-state index < -0.39 is 0 Å². The Kier molecular flexibility index (Phi) is 5.05. The molecule has 0 aromatic carbocycles. The van der Waals surface area contributed by atoms with Crippen molar-refractivity contribution in [2.24, 2.45) is 0 Å². The highest BCUT2D eigenvalue weighted by Crippen LogP contribution is 2.15. The first kappa shape index (κ1) is 16.4. The van der Waals surface area contributed by atoms with Crippen molar-refractivity contribution in [1.29, 1.82) is 0 Å². The molecule has 1 fully saturated rings. The van der Waals surface area contributed by atoms with Crippen molar-refractivity contribution in [1.82, 2.24) is 14.8 Å². The minimum atomic E-state index is -0.204. The third-order valence-electron chi connectivity index (χ3n) is 3.79. The van der Waals surface area contributed by atoms with Gasteiger partial charge in [-0.25, -0.2) is 9.78 Å². The fraction of sp³-hybridized carbons (Fsp3) is 0.312. The molecule has 7 nitrogen and oxygen atoms in total. The molecule has 0 aliphatic carbocycles. The van der Waals surface area contributed by atoms with E-state index in [-0.39, 0.29) is 11.9 Å². The number of urea groups is 1. The first-order valence-electron chi connectivity index (χ1n) is 7.56. The Bertz CT molecular complexity index is 695. The Labute approximate surface area is 144 Å². The summed E-state index contributed by atoms with van der Waals surface area (Å²) >= 11 is 1.60. The van der Waals surface area contributed by atoms with Gasteiger partial charge in [-0.05, 0) is 30.5 Å². The maximum absolute atomic E-state index is 12.3. The second kappa shape index (κ2) is 7.39. The molecule has 1 aliphatic heterocycles. The quantitative estimate of drug-likeness (QED) is 0.864. The normalized spacial score (nSPS) is 14.5. The highest BCUT2D eigenvalue weighted by molar-refractivity contribution is 7.98. The third-order valence-corrected chi connectivity index (χ3v) is 4.51. The molecule has 3 rings (SSSR count). The predicted octanol–water partition coefficient (Wildman–Crippen LogP) is 2.39. The summed E-state index contributed by atoms with van der Waals surface area (Å²) in [6.45, 7) is 1.90. The van der Waals surface area contributed by atoms with Gasteiger partial charge in [0.15, 0.2) is 5.76 Å². The fourth-order valence-corrected chi connectivity index (χ4v) is 2.79. The molecule has 0 atom stereocenters. The summed E-state index contributed by atoms with van der Waals surface area (Å²) in [7, 11) is 0. The first-order chi connectivity index (χ1) is 11.7. The average Bonchev–Trinajstić information content (AvgIpc) is 3.16. The lowest BCUT2D eigenvalue weighted by atomic mass is 10.3. The fourth-order valence-electron chi connectivity index (χ4n) is 2.43. The molecule has 0 radical (unpaired) electrons. The second-order valence-corrected chi connectivity index (χ2v) is 6.15. The zero-order valence-electron chi connectivity index (χ0n) is 13.3. The van der Waals surface area contributed by atoms with Crippen molar-refractivity contribution in [3.05, 3.63) is 42.5 Å². The molecule has 0 unspecified atom stereocenters. The Hall–Kier alpha value is -2.48. The van der Waals surface area contributed by atoms with Gasteiger partial charge in [0.25, 0.3) is 5.91 Å². The van der Waals surface area contributed by atoms with Gasteiger partial charge in [-0.2, -0.15) is 0 Å². The van der Waals surface area contributed by atoms with Crippen LogP contribution in [0.25, 0.3) is 0 Å². The molecule has 126 valence electrons. The van der Waals surface area contributed by atoms with Crippen molar-refractivity contribution >= 4 is 29.5 Å². The van der Waals surface area contributed by atoms with Gasteiger partial charge in [0.2, 0.25) is 0 Å². The maximum Gasteiger partial charge on any atom is 0.323 e. The summed E-state index contributed by atoms with van der Waals surface area (Å²) < 4.78 is 5.13. The van der Waals surface area contributed by atoms with E-state index in [1.54, 1.807) is 46.0 Å².